The first-order valence-corrected chi connectivity index (χ1v) is 6.98. The van der Waals surface area contributed by atoms with Gasteiger partial charge in [0.25, 0.3) is 0 Å². The maximum absolute atomic E-state index is 6.06. The highest BCUT2D eigenvalue weighted by atomic mass is 16.5. The van der Waals surface area contributed by atoms with E-state index in [1.165, 1.54) is 16.7 Å². The van der Waals surface area contributed by atoms with Gasteiger partial charge in [0.2, 0.25) is 0 Å². The number of hydrogen-bond acceptors (Lipinski definition) is 1. The summed E-state index contributed by atoms with van der Waals surface area (Å²) in [4.78, 5) is 0. The molecular formula is C18H24NO+. The Morgan fingerprint density at radius 1 is 0.850 bits per heavy atom. The van der Waals surface area contributed by atoms with Gasteiger partial charge in [-0.1, -0.05) is 29.3 Å². The van der Waals surface area contributed by atoms with Crippen LogP contribution in [0.2, 0.25) is 0 Å². The van der Waals surface area contributed by atoms with Gasteiger partial charge >= 0.3 is 0 Å². The minimum atomic E-state index is 0.883. The first-order valence-electron chi connectivity index (χ1n) is 6.98. The topological polar surface area (TPSA) is 9.23 Å². The van der Waals surface area contributed by atoms with Crippen molar-refractivity contribution in [3.8, 4) is 11.5 Å². The molecule has 0 saturated heterocycles. The van der Waals surface area contributed by atoms with Crippen LogP contribution in [0, 0.1) is 13.8 Å². The average Bonchev–Trinajstić information content (AvgIpc) is 2.33. The van der Waals surface area contributed by atoms with Crippen LogP contribution in [0.15, 0.2) is 42.5 Å². The summed E-state index contributed by atoms with van der Waals surface area (Å²) in [5.74, 6) is 1.84. The lowest BCUT2D eigenvalue weighted by Crippen LogP contribution is -2.33. The summed E-state index contributed by atoms with van der Waals surface area (Å²) in [7, 11) is 6.58. The van der Waals surface area contributed by atoms with Gasteiger partial charge in [-0.3, -0.25) is 0 Å². The molecule has 2 rings (SSSR count). The fraction of sp³-hybridized carbons (Fsp3) is 0.333. The highest BCUT2D eigenvalue weighted by Crippen LogP contribution is 2.28. The van der Waals surface area contributed by atoms with Crippen LogP contribution in [-0.2, 0) is 6.54 Å². The van der Waals surface area contributed by atoms with Crippen LogP contribution in [0.3, 0.4) is 0 Å². The summed E-state index contributed by atoms with van der Waals surface area (Å²) in [5.41, 5.74) is 3.76. The zero-order chi connectivity index (χ0) is 14.8. The highest BCUT2D eigenvalue weighted by molar-refractivity contribution is 5.40. The van der Waals surface area contributed by atoms with Crippen LogP contribution in [0.1, 0.15) is 16.7 Å². The number of ether oxygens (including phenoxy) is 1. The van der Waals surface area contributed by atoms with E-state index in [1.54, 1.807) is 0 Å². The summed E-state index contributed by atoms with van der Waals surface area (Å²) < 4.78 is 6.94. The lowest BCUT2D eigenvalue weighted by atomic mass is 10.1. The molecule has 2 aromatic rings. The predicted molar refractivity (Wildman–Crippen MR) is 84.2 cm³/mol. The van der Waals surface area contributed by atoms with Crippen LogP contribution in [0.5, 0.6) is 11.5 Å². The number of hydrogen-bond donors (Lipinski definition) is 0. The van der Waals surface area contributed by atoms with Crippen molar-refractivity contribution in [1.82, 2.24) is 0 Å². The molecule has 0 spiro atoms. The standard InChI is InChI=1S/C18H24NO/c1-14-6-9-17(10-7-14)20-18-11-8-15(2)12-16(18)13-19(3,4)5/h6-12H,13H2,1-5H3/q+1. The molecule has 0 saturated carbocycles. The second kappa shape index (κ2) is 5.68. The SMILES string of the molecule is Cc1ccc(Oc2ccc(C)cc2C[N+](C)(C)C)cc1. The van der Waals surface area contributed by atoms with Crippen molar-refractivity contribution in [2.45, 2.75) is 20.4 Å². The van der Waals surface area contributed by atoms with Crippen molar-refractivity contribution >= 4 is 0 Å². The molecule has 2 nitrogen and oxygen atoms in total. The van der Waals surface area contributed by atoms with E-state index in [-0.39, 0.29) is 0 Å². The van der Waals surface area contributed by atoms with Crippen molar-refractivity contribution in [3.05, 3.63) is 59.2 Å². The Morgan fingerprint density at radius 2 is 1.45 bits per heavy atom. The summed E-state index contributed by atoms with van der Waals surface area (Å²) in [6.07, 6.45) is 0. The van der Waals surface area contributed by atoms with Gasteiger partial charge < -0.3 is 9.22 Å². The Kier molecular flexibility index (Phi) is 4.15. The molecule has 0 aromatic heterocycles. The van der Waals surface area contributed by atoms with Crippen LogP contribution < -0.4 is 4.74 Å². The zero-order valence-electron chi connectivity index (χ0n) is 13.1. The third-order valence-corrected chi connectivity index (χ3v) is 3.11. The van der Waals surface area contributed by atoms with Crippen LogP contribution in [0.25, 0.3) is 0 Å². The normalized spacial score (nSPS) is 11.4. The van der Waals surface area contributed by atoms with E-state index in [0.29, 0.717) is 0 Å². The fourth-order valence-electron chi connectivity index (χ4n) is 2.18. The van der Waals surface area contributed by atoms with E-state index in [4.69, 9.17) is 4.74 Å². The van der Waals surface area contributed by atoms with Gasteiger partial charge in [-0.25, -0.2) is 0 Å². The molecule has 0 unspecified atom stereocenters. The lowest BCUT2D eigenvalue weighted by molar-refractivity contribution is -0.884. The average molecular weight is 270 g/mol. The van der Waals surface area contributed by atoms with Gasteiger partial charge in [-0.15, -0.1) is 0 Å². The van der Waals surface area contributed by atoms with Gasteiger partial charge in [-0.05, 0) is 38.1 Å². The first-order chi connectivity index (χ1) is 9.33. The molecule has 0 bridgehead atoms. The molecule has 0 fully saturated rings. The molecule has 0 N–H and O–H groups in total. The van der Waals surface area contributed by atoms with Crippen molar-refractivity contribution in [2.75, 3.05) is 21.1 Å². The van der Waals surface area contributed by atoms with Gasteiger partial charge in [0.15, 0.2) is 0 Å². The molecule has 2 aromatic carbocycles. The summed E-state index contributed by atoms with van der Waals surface area (Å²) >= 11 is 0. The fourth-order valence-corrected chi connectivity index (χ4v) is 2.18. The number of aryl methyl sites for hydroxylation is 2. The van der Waals surface area contributed by atoms with E-state index in [0.717, 1.165) is 22.5 Å². The molecule has 0 aliphatic heterocycles. The Labute approximate surface area is 122 Å². The van der Waals surface area contributed by atoms with E-state index in [1.807, 2.05) is 12.1 Å². The van der Waals surface area contributed by atoms with Crippen molar-refractivity contribution in [3.63, 3.8) is 0 Å². The number of quaternary nitrogens is 1. The van der Waals surface area contributed by atoms with Crippen molar-refractivity contribution in [1.29, 1.82) is 0 Å². The second-order valence-corrected chi connectivity index (χ2v) is 6.47. The zero-order valence-corrected chi connectivity index (χ0v) is 13.1. The molecule has 0 atom stereocenters. The van der Waals surface area contributed by atoms with E-state index >= 15 is 0 Å². The molecule has 2 heteroatoms. The van der Waals surface area contributed by atoms with E-state index < -0.39 is 0 Å². The highest BCUT2D eigenvalue weighted by Gasteiger charge is 2.14. The summed E-state index contributed by atoms with van der Waals surface area (Å²) in [6.45, 7) is 5.15. The molecule has 106 valence electrons. The third kappa shape index (κ3) is 4.10. The Hall–Kier alpha value is -1.80. The molecule has 20 heavy (non-hydrogen) atoms. The Balaban J connectivity index is 2.28. The monoisotopic (exact) mass is 270 g/mol. The second-order valence-electron chi connectivity index (χ2n) is 6.47. The van der Waals surface area contributed by atoms with Gasteiger partial charge in [-0.2, -0.15) is 0 Å². The van der Waals surface area contributed by atoms with Crippen LogP contribution in [-0.4, -0.2) is 25.6 Å². The van der Waals surface area contributed by atoms with Crippen LogP contribution in [0.4, 0.5) is 0 Å². The molecule has 0 heterocycles. The number of rotatable bonds is 4. The summed E-state index contributed by atoms with van der Waals surface area (Å²) in [6, 6.07) is 14.6. The molecule has 0 amide bonds. The van der Waals surface area contributed by atoms with Crippen molar-refractivity contribution in [2.24, 2.45) is 0 Å². The van der Waals surface area contributed by atoms with Gasteiger partial charge in [0.05, 0.1) is 21.1 Å². The Bertz CT molecular complexity index is 579. The smallest absolute Gasteiger partial charge is 0.136 e. The molecule has 0 aliphatic carbocycles. The number of nitrogens with zero attached hydrogens (tertiary/aromatic N) is 1. The lowest BCUT2D eigenvalue weighted by Gasteiger charge is -2.25. The van der Waals surface area contributed by atoms with Gasteiger partial charge in [0.1, 0.15) is 18.0 Å². The third-order valence-electron chi connectivity index (χ3n) is 3.11. The van der Waals surface area contributed by atoms with Crippen LogP contribution >= 0.6 is 0 Å². The first kappa shape index (κ1) is 14.6. The number of benzene rings is 2. The summed E-state index contributed by atoms with van der Waals surface area (Å²) in [5, 5.41) is 0. The Morgan fingerprint density at radius 3 is 2.05 bits per heavy atom. The maximum Gasteiger partial charge on any atom is 0.136 e. The minimum Gasteiger partial charge on any atom is -0.457 e. The van der Waals surface area contributed by atoms with Gasteiger partial charge in [0, 0.05) is 5.56 Å². The largest absolute Gasteiger partial charge is 0.457 e. The molecular weight excluding hydrogens is 246 g/mol. The van der Waals surface area contributed by atoms with Crippen molar-refractivity contribution < 1.29 is 9.22 Å². The minimum absolute atomic E-state index is 0.883. The molecule has 0 radical (unpaired) electrons. The predicted octanol–water partition coefficient (Wildman–Crippen LogP) is 4.30. The van der Waals surface area contributed by atoms with E-state index in [9.17, 15) is 0 Å². The quantitative estimate of drug-likeness (QED) is 0.753. The maximum atomic E-state index is 6.06. The molecule has 0 aliphatic rings. The van der Waals surface area contributed by atoms with E-state index in [2.05, 4.69) is 65.3 Å².